The van der Waals surface area contributed by atoms with Crippen LogP contribution in [-0.2, 0) is 4.79 Å². The van der Waals surface area contributed by atoms with E-state index in [1.165, 1.54) is 32.1 Å². The van der Waals surface area contributed by atoms with Crippen molar-refractivity contribution in [1.29, 1.82) is 0 Å². The van der Waals surface area contributed by atoms with Gasteiger partial charge < -0.3 is 0 Å². The summed E-state index contributed by atoms with van der Waals surface area (Å²) in [5.74, 6) is 1.55. The highest BCUT2D eigenvalue weighted by molar-refractivity contribution is 5.86. The van der Waals surface area contributed by atoms with E-state index in [0.717, 1.165) is 12.3 Å². The van der Waals surface area contributed by atoms with Crippen molar-refractivity contribution in [3.63, 3.8) is 0 Å². The SMILES string of the molecule is O=C1CC23CCCCC2C=CC1C3. The van der Waals surface area contributed by atoms with Gasteiger partial charge in [0.2, 0.25) is 0 Å². The molecular weight excluding hydrogens is 160 g/mol. The van der Waals surface area contributed by atoms with Gasteiger partial charge in [0.15, 0.2) is 0 Å². The Morgan fingerprint density at radius 1 is 1.31 bits per heavy atom. The van der Waals surface area contributed by atoms with Crippen LogP contribution in [0.25, 0.3) is 0 Å². The molecule has 3 aliphatic rings. The highest BCUT2D eigenvalue weighted by atomic mass is 16.1. The summed E-state index contributed by atoms with van der Waals surface area (Å²) in [6, 6.07) is 0. The molecule has 2 bridgehead atoms. The molecule has 2 fully saturated rings. The molecule has 0 radical (unpaired) electrons. The Labute approximate surface area is 79.2 Å². The van der Waals surface area contributed by atoms with E-state index >= 15 is 0 Å². The maximum absolute atomic E-state index is 11.7. The largest absolute Gasteiger partial charge is 0.299 e. The molecule has 1 heteroatoms. The molecule has 0 heterocycles. The third-order valence-electron chi connectivity index (χ3n) is 4.37. The van der Waals surface area contributed by atoms with Crippen molar-refractivity contribution in [1.82, 2.24) is 0 Å². The molecule has 0 aromatic carbocycles. The average Bonchev–Trinajstić information content (AvgIpc) is 2.38. The van der Waals surface area contributed by atoms with E-state index in [9.17, 15) is 4.79 Å². The standard InChI is InChI=1S/C12H16O/c13-11-8-12-6-2-1-3-10(12)5-4-9(11)7-12/h4-5,9-10H,1-3,6-8H2. The molecule has 0 saturated heterocycles. The molecule has 0 N–H and O–H groups in total. The van der Waals surface area contributed by atoms with Crippen LogP contribution in [-0.4, -0.2) is 5.78 Å². The smallest absolute Gasteiger partial charge is 0.140 e. The summed E-state index contributed by atoms with van der Waals surface area (Å²) in [7, 11) is 0. The number of carbonyl (C=O) groups is 1. The molecule has 1 nitrogen and oxygen atoms in total. The van der Waals surface area contributed by atoms with Crippen molar-refractivity contribution in [2.24, 2.45) is 17.3 Å². The van der Waals surface area contributed by atoms with Crippen LogP contribution in [0, 0.1) is 17.3 Å². The first-order chi connectivity index (χ1) is 6.30. The summed E-state index contributed by atoms with van der Waals surface area (Å²) >= 11 is 0. The lowest BCUT2D eigenvalue weighted by atomic mass is 9.63. The fraction of sp³-hybridized carbons (Fsp3) is 0.750. The van der Waals surface area contributed by atoms with Gasteiger partial charge in [-0.2, -0.15) is 0 Å². The zero-order valence-corrected chi connectivity index (χ0v) is 7.96. The van der Waals surface area contributed by atoms with E-state index in [2.05, 4.69) is 12.2 Å². The molecule has 1 spiro atoms. The van der Waals surface area contributed by atoms with Crippen molar-refractivity contribution in [2.45, 2.75) is 38.5 Å². The number of rotatable bonds is 0. The van der Waals surface area contributed by atoms with Crippen LogP contribution in [0.15, 0.2) is 12.2 Å². The first-order valence-corrected chi connectivity index (χ1v) is 5.51. The van der Waals surface area contributed by atoms with Gasteiger partial charge in [0, 0.05) is 12.3 Å². The van der Waals surface area contributed by atoms with Crippen molar-refractivity contribution >= 4 is 5.78 Å². The molecule has 70 valence electrons. The average molecular weight is 176 g/mol. The molecule has 2 saturated carbocycles. The minimum absolute atomic E-state index is 0.300. The minimum Gasteiger partial charge on any atom is -0.299 e. The maximum atomic E-state index is 11.7. The van der Waals surface area contributed by atoms with E-state index in [0.29, 0.717) is 17.1 Å². The van der Waals surface area contributed by atoms with Gasteiger partial charge in [-0.25, -0.2) is 0 Å². The number of ketones is 1. The maximum Gasteiger partial charge on any atom is 0.140 e. The first-order valence-electron chi connectivity index (χ1n) is 5.51. The molecule has 0 aromatic rings. The molecular formula is C12H16O. The van der Waals surface area contributed by atoms with Gasteiger partial charge in [-0.1, -0.05) is 25.0 Å². The summed E-state index contributed by atoms with van der Waals surface area (Å²) in [5.41, 5.74) is 0.425. The Bertz CT molecular complexity index is 279. The summed E-state index contributed by atoms with van der Waals surface area (Å²) in [6.45, 7) is 0. The van der Waals surface area contributed by atoms with Crippen LogP contribution >= 0.6 is 0 Å². The summed E-state index contributed by atoms with van der Waals surface area (Å²) in [5, 5.41) is 0. The summed E-state index contributed by atoms with van der Waals surface area (Å²) in [4.78, 5) is 11.7. The molecule has 3 aliphatic carbocycles. The highest BCUT2D eigenvalue weighted by Crippen LogP contribution is 2.56. The molecule has 3 unspecified atom stereocenters. The Kier molecular flexibility index (Phi) is 1.47. The second-order valence-electron chi connectivity index (χ2n) is 5.05. The van der Waals surface area contributed by atoms with Crippen molar-refractivity contribution in [3.05, 3.63) is 12.2 Å². The number of hydrogen-bond acceptors (Lipinski definition) is 1. The van der Waals surface area contributed by atoms with Gasteiger partial charge in [0.1, 0.15) is 5.78 Å². The van der Waals surface area contributed by atoms with E-state index in [1.54, 1.807) is 0 Å². The molecule has 0 aromatic heterocycles. The quantitative estimate of drug-likeness (QED) is 0.519. The number of fused-ring (bicyclic) bond motifs is 1. The topological polar surface area (TPSA) is 17.1 Å². The second kappa shape index (κ2) is 2.46. The van der Waals surface area contributed by atoms with Gasteiger partial charge in [0.05, 0.1) is 0 Å². The Morgan fingerprint density at radius 2 is 2.23 bits per heavy atom. The first kappa shape index (κ1) is 7.78. The predicted octanol–water partition coefficient (Wildman–Crippen LogP) is 2.71. The van der Waals surface area contributed by atoms with E-state index in [4.69, 9.17) is 0 Å². The van der Waals surface area contributed by atoms with Crippen LogP contribution in [0.5, 0.6) is 0 Å². The summed E-state index contributed by atoms with van der Waals surface area (Å²) < 4.78 is 0. The number of allylic oxidation sites excluding steroid dienone is 2. The third kappa shape index (κ3) is 0.962. The van der Waals surface area contributed by atoms with Gasteiger partial charge >= 0.3 is 0 Å². The van der Waals surface area contributed by atoms with E-state index < -0.39 is 0 Å². The lowest BCUT2D eigenvalue weighted by Gasteiger charge is -2.41. The number of carbonyl (C=O) groups excluding carboxylic acids is 1. The molecule has 0 amide bonds. The van der Waals surface area contributed by atoms with Crippen molar-refractivity contribution in [3.8, 4) is 0 Å². The van der Waals surface area contributed by atoms with Gasteiger partial charge in [0.25, 0.3) is 0 Å². The lowest BCUT2D eigenvalue weighted by molar-refractivity contribution is -0.120. The zero-order chi connectivity index (χ0) is 8.89. The number of hydrogen-bond donors (Lipinski definition) is 0. The predicted molar refractivity (Wildman–Crippen MR) is 51.3 cm³/mol. The fourth-order valence-electron chi connectivity index (χ4n) is 3.65. The van der Waals surface area contributed by atoms with Crippen molar-refractivity contribution < 1.29 is 4.79 Å². The van der Waals surface area contributed by atoms with Gasteiger partial charge in [-0.3, -0.25) is 4.79 Å². The molecule has 13 heavy (non-hydrogen) atoms. The molecule has 0 aliphatic heterocycles. The second-order valence-corrected chi connectivity index (χ2v) is 5.05. The monoisotopic (exact) mass is 176 g/mol. The van der Waals surface area contributed by atoms with Crippen LogP contribution < -0.4 is 0 Å². The Morgan fingerprint density at radius 3 is 3.15 bits per heavy atom. The van der Waals surface area contributed by atoms with Gasteiger partial charge in [-0.15, -0.1) is 0 Å². The summed E-state index contributed by atoms with van der Waals surface area (Å²) in [6.07, 6.45) is 11.9. The van der Waals surface area contributed by atoms with Crippen molar-refractivity contribution in [2.75, 3.05) is 0 Å². The highest BCUT2D eigenvalue weighted by Gasteiger charge is 2.50. The molecule has 3 atom stereocenters. The van der Waals surface area contributed by atoms with Crippen LogP contribution in [0.3, 0.4) is 0 Å². The van der Waals surface area contributed by atoms with Crippen LogP contribution in [0.2, 0.25) is 0 Å². The number of Topliss-reactive ketones (excluding diaryl/α,β-unsaturated/α-hetero) is 1. The van der Waals surface area contributed by atoms with Gasteiger partial charge in [-0.05, 0) is 30.6 Å². The van der Waals surface area contributed by atoms with Crippen LogP contribution in [0.1, 0.15) is 38.5 Å². The zero-order valence-electron chi connectivity index (χ0n) is 7.96. The minimum atomic E-state index is 0.300. The molecule has 3 rings (SSSR count). The van der Waals surface area contributed by atoms with E-state index in [1.807, 2.05) is 0 Å². The lowest BCUT2D eigenvalue weighted by Crippen LogP contribution is -2.31. The Hall–Kier alpha value is -0.590. The fourth-order valence-corrected chi connectivity index (χ4v) is 3.65. The van der Waals surface area contributed by atoms with Crippen LogP contribution in [0.4, 0.5) is 0 Å². The Balaban J connectivity index is 2.00. The normalized spacial score (nSPS) is 47.8. The third-order valence-corrected chi connectivity index (χ3v) is 4.37. The van der Waals surface area contributed by atoms with E-state index in [-0.39, 0.29) is 0 Å².